The summed E-state index contributed by atoms with van der Waals surface area (Å²) in [5, 5.41) is 3.53. The Balaban J connectivity index is 1.96. The summed E-state index contributed by atoms with van der Waals surface area (Å²) in [6.45, 7) is 7.88. The Hall–Kier alpha value is -1.13. The molecule has 0 atom stereocenters. The molecule has 1 fully saturated rings. The number of nitrogens with one attached hydrogen (secondary N) is 1. The minimum Gasteiger partial charge on any atom is -0.476 e. The van der Waals surface area contributed by atoms with Crippen LogP contribution in [0.25, 0.3) is 0 Å². The molecule has 0 aliphatic heterocycles. The highest BCUT2D eigenvalue weighted by Gasteiger charge is 2.22. The molecular weight excluding hydrogens is 250 g/mol. The summed E-state index contributed by atoms with van der Waals surface area (Å²) in [5.41, 5.74) is 2.26. The molecule has 1 aromatic rings. The molecule has 0 spiro atoms. The fraction of sp³-hybridized carbons (Fsp3) is 0.688. The highest BCUT2D eigenvalue weighted by Crippen LogP contribution is 2.21. The van der Waals surface area contributed by atoms with Crippen LogP contribution in [-0.2, 0) is 6.54 Å². The van der Waals surface area contributed by atoms with E-state index in [1.165, 1.54) is 18.4 Å². The summed E-state index contributed by atoms with van der Waals surface area (Å²) in [7, 11) is 4.13. The highest BCUT2D eigenvalue weighted by atomic mass is 16.5. The first kappa shape index (κ1) is 15.3. The van der Waals surface area contributed by atoms with E-state index in [0.29, 0.717) is 6.61 Å². The maximum absolute atomic E-state index is 5.90. The van der Waals surface area contributed by atoms with Crippen molar-refractivity contribution in [2.75, 3.05) is 20.7 Å². The molecule has 1 N–H and O–H groups in total. The lowest BCUT2D eigenvalue weighted by atomic mass is 10.1. The van der Waals surface area contributed by atoms with Crippen molar-refractivity contribution in [1.82, 2.24) is 15.2 Å². The molecule has 0 aromatic carbocycles. The van der Waals surface area contributed by atoms with E-state index < -0.39 is 0 Å². The van der Waals surface area contributed by atoms with Crippen molar-refractivity contribution in [2.24, 2.45) is 0 Å². The van der Waals surface area contributed by atoms with Gasteiger partial charge in [-0.25, -0.2) is 4.98 Å². The molecule has 0 amide bonds. The SMILES string of the molecule is Cc1cc(CNC2CC2)cc(OCC(C)(C)N(C)C)n1. The Labute approximate surface area is 122 Å². The van der Waals surface area contributed by atoms with Crippen LogP contribution in [0.2, 0.25) is 0 Å². The predicted octanol–water partition coefficient (Wildman–Crippen LogP) is 2.36. The summed E-state index contributed by atoms with van der Waals surface area (Å²) in [5.74, 6) is 0.729. The number of rotatable bonds is 7. The Morgan fingerprint density at radius 2 is 2.05 bits per heavy atom. The quantitative estimate of drug-likeness (QED) is 0.830. The number of nitrogens with zero attached hydrogens (tertiary/aromatic N) is 2. The van der Waals surface area contributed by atoms with Crippen LogP contribution in [-0.4, -0.2) is 42.2 Å². The lowest BCUT2D eigenvalue weighted by Crippen LogP contribution is -2.43. The molecule has 1 heterocycles. The van der Waals surface area contributed by atoms with Crippen LogP contribution in [0.5, 0.6) is 5.88 Å². The monoisotopic (exact) mass is 277 g/mol. The largest absolute Gasteiger partial charge is 0.476 e. The Bertz CT molecular complexity index is 453. The third-order valence-electron chi connectivity index (χ3n) is 3.95. The van der Waals surface area contributed by atoms with Gasteiger partial charge in [0.1, 0.15) is 6.61 Å². The van der Waals surface area contributed by atoms with E-state index in [2.05, 4.69) is 49.2 Å². The zero-order valence-corrected chi connectivity index (χ0v) is 13.4. The number of aromatic nitrogens is 1. The number of ether oxygens (including phenoxy) is 1. The first-order chi connectivity index (χ1) is 9.37. The topological polar surface area (TPSA) is 37.4 Å². The van der Waals surface area contributed by atoms with Gasteiger partial charge in [0.15, 0.2) is 0 Å². The van der Waals surface area contributed by atoms with Gasteiger partial charge in [-0.1, -0.05) is 0 Å². The van der Waals surface area contributed by atoms with Crippen LogP contribution in [0.1, 0.15) is 37.9 Å². The minimum atomic E-state index is -0.00213. The van der Waals surface area contributed by atoms with E-state index in [0.717, 1.165) is 24.2 Å². The van der Waals surface area contributed by atoms with Gasteiger partial charge >= 0.3 is 0 Å². The van der Waals surface area contributed by atoms with Crippen molar-refractivity contribution >= 4 is 0 Å². The predicted molar refractivity (Wildman–Crippen MR) is 82.1 cm³/mol. The maximum Gasteiger partial charge on any atom is 0.213 e. The third kappa shape index (κ3) is 4.46. The van der Waals surface area contributed by atoms with Gasteiger partial charge in [0.25, 0.3) is 0 Å². The van der Waals surface area contributed by atoms with E-state index in [1.54, 1.807) is 0 Å². The number of aryl methyl sites for hydroxylation is 1. The molecule has 2 rings (SSSR count). The van der Waals surface area contributed by atoms with E-state index in [-0.39, 0.29) is 5.54 Å². The number of hydrogen-bond donors (Lipinski definition) is 1. The van der Waals surface area contributed by atoms with E-state index in [1.807, 2.05) is 13.0 Å². The Kier molecular flexibility index (Phi) is 4.66. The molecule has 20 heavy (non-hydrogen) atoms. The summed E-state index contributed by atoms with van der Waals surface area (Å²) < 4.78 is 5.90. The van der Waals surface area contributed by atoms with Crippen molar-refractivity contribution in [1.29, 1.82) is 0 Å². The standard InChI is InChI=1S/C16H27N3O/c1-12-8-13(10-17-14-6-7-14)9-15(18-12)20-11-16(2,3)19(4)5/h8-9,14,17H,6-7,10-11H2,1-5H3. The second-order valence-corrected chi connectivity index (χ2v) is 6.61. The van der Waals surface area contributed by atoms with E-state index in [9.17, 15) is 0 Å². The summed E-state index contributed by atoms with van der Waals surface area (Å²) >= 11 is 0. The van der Waals surface area contributed by atoms with Gasteiger partial charge in [0.05, 0.1) is 0 Å². The van der Waals surface area contributed by atoms with Crippen molar-refractivity contribution in [2.45, 2.75) is 51.7 Å². The Morgan fingerprint density at radius 1 is 1.35 bits per heavy atom. The highest BCUT2D eigenvalue weighted by molar-refractivity contribution is 5.25. The van der Waals surface area contributed by atoms with Gasteiger partial charge in [-0.3, -0.25) is 0 Å². The fourth-order valence-electron chi connectivity index (χ4n) is 1.81. The van der Waals surface area contributed by atoms with Gasteiger partial charge in [0, 0.05) is 29.9 Å². The van der Waals surface area contributed by atoms with Crippen LogP contribution in [0.15, 0.2) is 12.1 Å². The number of hydrogen-bond acceptors (Lipinski definition) is 4. The van der Waals surface area contributed by atoms with E-state index >= 15 is 0 Å². The zero-order chi connectivity index (χ0) is 14.8. The molecule has 1 aliphatic carbocycles. The molecule has 1 aliphatic rings. The lowest BCUT2D eigenvalue weighted by molar-refractivity contribution is 0.111. The molecule has 112 valence electrons. The fourth-order valence-corrected chi connectivity index (χ4v) is 1.81. The van der Waals surface area contributed by atoms with Gasteiger partial charge in [-0.15, -0.1) is 0 Å². The molecule has 0 radical (unpaired) electrons. The smallest absolute Gasteiger partial charge is 0.213 e. The Morgan fingerprint density at radius 3 is 2.65 bits per heavy atom. The first-order valence-corrected chi connectivity index (χ1v) is 7.38. The van der Waals surface area contributed by atoms with Crippen molar-refractivity contribution in [3.8, 4) is 5.88 Å². The average molecular weight is 277 g/mol. The minimum absolute atomic E-state index is 0.00213. The van der Waals surface area contributed by atoms with E-state index in [4.69, 9.17) is 4.74 Å². The summed E-state index contributed by atoms with van der Waals surface area (Å²) in [6, 6.07) is 4.90. The lowest BCUT2D eigenvalue weighted by Gasteiger charge is -2.32. The van der Waals surface area contributed by atoms with Crippen molar-refractivity contribution < 1.29 is 4.74 Å². The number of pyridine rings is 1. The van der Waals surface area contributed by atoms with Crippen LogP contribution in [0.3, 0.4) is 0 Å². The van der Waals surface area contributed by atoms with Crippen molar-refractivity contribution in [3.63, 3.8) is 0 Å². The van der Waals surface area contributed by atoms with Gasteiger partial charge in [0.2, 0.25) is 5.88 Å². The maximum atomic E-state index is 5.90. The average Bonchev–Trinajstić information content (AvgIpc) is 3.17. The van der Waals surface area contributed by atoms with Crippen LogP contribution in [0, 0.1) is 6.92 Å². The summed E-state index contributed by atoms with van der Waals surface area (Å²) in [6.07, 6.45) is 2.62. The first-order valence-electron chi connectivity index (χ1n) is 7.38. The zero-order valence-electron chi connectivity index (χ0n) is 13.4. The molecule has 0 unspecified atom stereocenters. The van der Waals surface area contributed by atoms with Gasteiger partial charge in [-0.2, -0.15) is 0 Å². The molecular formula is C16H27N3O. The van der Waals surface area contributed by atoms with Crippen LogP contribution < -0.4 is 10.1 Å². The second-order valence-electron chi connectivity index (χ2n) is 6.61. The third-order valence-corrected chi connectivity index (χ3v) is 3.95. The molecule has 1 saturated carbocycles. The molecule has 4 nitrogen and oxygen atoms in total. The molecule has 0 saturated heterocycles. The van der Waals surface area contributed by atoms with Gasteiger partial charge < -0.3 is 15.0 Å². The number of likely N-dealkylation sites (N-methyl/N-ethyl adjacent to an activating group) is 1. The molecule has 0 bridgehead atoms. The van der Waals surface area contributed by atoms with Gasteiger partial charge in [-0.05, 0) is 59.3 Å². The van der Waals surface area contributed by atoms with Crippen molar-refractivity contribution in [3.05, 3.63) is 23.4 Å². The molecule has 1 aromatic heterocycles. The molecule has 4 heteroatoms. The van der Waals surface area contributed by atoms with Crippen LogP contribution >= 0.6 is 0 Å². The second kappa shape index (κ2) is 6.10. The van der Waals surface area contributed by atoms with Crippen LogP contribution in [0.4, 0.5) is 0 Å². The summed E-state index contributed by atoms with van der Waals surface area (Å²) in [4.78, 5) is 6.64. The normalized spacial score (nSPS) is 15.7.